The zero-order valence-electron chi connectivity index (χ0n) is 20.3. The molecule has 3 aromatic rings. The van der Waals surface area contributed by atoms with E-state index in [1.807, 2.05) is 36.4 Å². The van der Waals surface area contributed by atoms with Gasteiger partial charge in [-0.25, -0.2) is 0 Å². The molecule has 0 fully saturated rings. The fourth-order valence-electron chi connectivity index (χ4n) is 3.62. The number of ether oxygens (including phenoxy) is 3. The van der Waals surface area contributed by atoms with E-state index in [9.17, 15) is 9.59 Å². The normalized spacial score (nSPS) is 10.8. The third-order valence-corrected chi connectivity index (χ3v) is 6.85. The molecule has 3 rings (SSSR count). The maximum atomic E-state index is 13.2. The number of rotatable bonds is 9. The second kappa shape index (κ2) is 12.6. The number of amides is 1. The van der Waals surface area contributed by atoms with Crippen molar-refractivity contribution in [2.45, 2.75) is 26.2 Å². The summed E-state index contributed by atoms with van der Waals surface area (Å²) in [5.41, 5.74) is 2.27. The van der Waals surface area contributed by atoms with Gasteiger partial charge in [-0.1, -0.05) is 43.6 Å². The molecule has 0 aliphatic carbocycles. The molecule has 0 heterocycles. The zero-order chi connectivity index (χ0) is 26.4. The summed E-state index contributed by atoms with van der Waals surface area (Å²) in [5, 5.41) is 0.458. The van der Waals surface area contributed by atoms with Crippen LogP contribution in [0.2, 0.25) is 5.02 Å². The standard InChI is InChI=1S/C27H26Br2ClNO5/c1-16(2)20-13-19(14-23(30)26(20)35-4)36-27-21(28)10-17(11-22(27)29)12-24(32)31(15-25(33)34-3)18-8-6-5-7-9-18/h5-11,13-14,16H,12,15H2,1-4H3. The lowest BCUT2D eigenvalue weighted by Crippen LogP contribution is -2.37. The Hall–Kier alpha value is -2.55. The van der Waals surface area contributed by atoms with E-state index in [1.165, 1.54) is 12.0 Å². The van der Waals surface area contributed by atoms with Crippen molar-refractivity contribution in [2.75, 3.05) is 25.7 Å². The number of anilines is 1. The van der Waals surface area contributed by atoms with E-state index in [4.69, 9.17) is 25.8 Å². The first kappa shape index (κ1) is 28.0. The fourth-order valence-corrected chi connectivity index (χ4v) is 5.35. The molecule has 1 amide bonds. The SMILES string of the molecule is COC(=O)CN(C(=O)Cc1cc(Br)c(Oc2cc(Cl)c(OC)c(C(C)C)c2)c(Br)c1)c1ccccc1. The Morgan fingerprint density at radius 1 is 0.972 bits per heavy atom. The van der Waals surface area contributed by atoms with Crippen LogP contribution in [0.15, 0.2) is 63.5 Å². The number of hydrogen-bond acceptors (Lipinski definition) is 5. The zero-order valence-corrected chi connectivity index (χ0v) is 24.2. The smallest absolute Gasteiger partial charge is 0.325 e. The highest BCUT2D eigenvalue weighted by molar-refractivity contribution is 9.11. The van der Waals surface area contributed by atoms with E-state index in [1.54, 1.807) is 25.3 Å². The summed E-state index contributed by atoms with van der Waals surface area (Å²) in [6, 6.07) is 16.2. The lowest BCUT2D eigenvalue weighted by Gasteiger charge is -2.22. The van der Waals surface area contributed by atoms with Gasteiger partial charge in [0.15, 0.2) is 5.75 Å². The van der Waals surface area contributed by atoms with Crippen LogP contribution in [0.3, 0.4) is 0 Å². The molecule has 0 aliphatic rings. The Morgan fingerprint density at radius 3 is 2.17 bits per heavy atom. The molecule has 0 aromatic heterocycles. The number of esters is 1. The third-order valence-electron chi connectivity index (χ3n) is 5.39. The monoisotopic (exact) mass is 637 g/mol. The molecule has 0 unspecified atom stereocenters. The minimum absolute atomic E-state index is 0.0647. The van der Waals surface area contributed by atoms with Gasteiger partial charge in [-0.3, -0.25) is 9.59 Å². The molecule has 0 saturated carbocycles. The molecule has 190 valence electrons. The third kappa shape index (κ3) is 6.81. The summed E-state index contributed by atoms with van der Waals surface area (Å²) < 4.78 is 17.7. The predicted molar refractivity (Wildman–Crippen MR) is 149 cm³/mol. The molecule has 9 heteroatoms. The van der Waals surface area contributed by atoms with Gasteiger partial charge in [0.25, 0.3) is 0 Å². The summed E-state index contributed by atoms with van der Waals surface area (Å²) in [6.07, 6.45) is 0.0647. The second-order valence-corrected chi connectivity index (χ2v) is 10.4. The van der Waals surface area contributed by atoms with Crippen molar-refractivity contribution in [2.24, 2.45) is 0 Å². The lowest BCUT2D eigenvalue weighted by atomic mass is 10.0. The van der Waals surface area contributed by atoms with E-state index in [2.05, 4.69) is 45.7 Å². The minimum atomic E-state index is -0.503. The Labute approximate surface area is 232 Å². The Kier molecular flexibility index (Phi) is 9.82. The fraction of sp³-hybridized carbons (Fsp3) is 0.259. The average Bonchev–Trinajstić information content (AvgIpc) is 2.84. The molecule has 0 spiro atoms. The first-order chi connectivity index (χ1) is 17.1. The molecule has 0 saturated heterocycles. The highest BCUT2D eigenvalue weighted by atomic mass is 79.9. The van der Waals surface area contributed by atoms with Gasteiger partial charge >= 0.3 is 5.97 Å². The lowest BCUT2D eigenvalue weighted by molar-refractivity contribution is -0.140. The second-order valence-electron chi connectivity index (χ2n) is 8.24. The van der Waals surface area contributed by atoms with Crippen LogP contribution in [0.4, 0.5) is 5.69 Å². The number of methoxy groups -OCH3 is 2. The average molecular weight is 640 g/mol. The summed E-state index contributed by atoms with van der Waals surface area (Å²) in [7, 11) is 2.88. The summed E-state index contributed by atoms with van der Waals surface area (Å²) in [4.78, 5) is 26.5. The van der Waals surface area contributed by atoms with Crippen LogP contribution < -0.4 is 14.4 Å². The van der Waals surface area contributed by atoms with E-state index in [0.29, 0.717) is 36.9 Å². The van der Waals surface area contributed by atoms with Gasteiger partial charge in [0, 0.05) is 17.3 Å². The number of para-hydroxylation sites is 1. The molecular formula is C27H26Br2ClNO5. The highest BCUT2D eigenvalue weighted by Crippen LogP contribution is 2.42. The molecule has 36 heavy (non-hydrogen) atoms. The molecule has 3 aromatic carbocycles. The maximum Gasteiger partial charge on any atom is 0.325 e. The number of halogens is 3. The van der Waals surface area contributed by atoms with Crippen LogP contribution >= 0.6 is 43.5 Å². The first-order valence-corrected chi connectivity index (χ1v) is 13.1. The van der Waals surface area contributed by atoms with Crippen LogP contribution in [-0.4, -0.2) is 32.6 Å². The topological polar surface area (TPSA) is 65.1 Å². The van der Waals surface area contributed by atoms with E-state index >= 15 is 0 Å². The summed E-state index contributed by atoms with van der Waals surface area (Å²) >= 11 is 13.6. The number of nitrogens with zero attached hydrogens (tertiary/aromatic N) is 1. The van der Waals surface area contributed by atoms with E-state index < -0.39 is 5.97 Å². The number of carbonyl (C=O) groups excluding carboxylic acids is 2. The Morgan fingerprint density at radius 2 is 1.61 bits per heavy atom. The molecule has 0 aliphatic heterocycles. The van der Waals surface area contributed by atoms with Crippen LogP contribution in [0, 0.1) is 0 Å². The molecule has 6 nitrogen and oxygen atoms in total. The Balaban J connectivity index is 1.86. The van der Waals surface area contributed by atoms with Gasteiger partial charge in [0.1, 0.15) is 18.0 Å². The van der Waals surface area contributed by atoms with E-state index in [-0.39, 0.29) is 24.8 Å². The van der Waals surface area contributed by atoms with E-state index in [0.717, 1.165) is 11.1 Å². The predicted octanol–water partition coefficient (Wildman–Crippen LogP) is 7.54. The van der Waals surface area contributed by atoms with Crippen LogP contribution in [0.1, 0.15) is 30.9 Å². The molecule has 0 radical (unpaired) electrons. The van der Waals surface area contributed by atoms with Gasteiger partial charge in [0.2, 0.25) is 5.91 Å². The molecule has 0 bridgehead atoms. The van der Waals surface area contributed by atoms with Crippen molar-refractivity contribution < 1.29 is 23.8 Å². The molecule has 0 atom stereocenters. The number of hydrogen-bond donors (Lipinski definition) is 0. The van der Waals surface area contributed by atoms with Gasteiger partial charge in [-0.05, 0) is 73.7 Å². The minimum Gasteiger partial charge on any atom is -0.495 e. The summed E-state index contributed by atoms with van der Waals surface area (Å²) in [5.74, 6) is 1.15. The van der Waals surface area contributed by atoms with Gasteiger partial charge < -0.3 is 19.1 Å². The quantitative estimate of drug-likeness (QED) is 0.227. The molecular weight excluding hydrogens is 614 g/mol. The number of benzene rings is 3. The van der Waals surface area contributed by atoms with Crippen molar-refractivity contribution in [3.63, 3.8) is 0 Å². The van der Waals surface area contributed by atoms with Crippen molar-refractivity contribution in [1.82, 2.24) is 0 Å². The maximum absolute atomic E-state index is 13.2. The van der Waals surface area contributed by atoms with Crippen LogP contribution in [0.25, 0.3) is 0 Å². The highest BCUT2D eigenvalue weighted by Gasteiger charge is 2.22. The van der Waals surface area contributed by atoms with Crippen molar-refractivity contribution in [3.05, 3.63) is 79.7 Å². The van der Waals surface area contributed by atoms with Crippen molar-refractivity contribution >= 4 is 61.0 Å². The van der Waals surface area contributed by atoms with Crippen LogP contribution in [0.5, 0.6) is 17.2 Å². The Bertz CT molecular complexity index is 1230. The van der Waals surface area contributed by atoms with Crippen LogP contribution in [-0.2, 0) is 20.7 Å². The van der Waals surface area contributed by atoms with Crippen molar-refractivity contribution in [1.29, 1.82) is 0 Å². The van der Waals surface area contributed by atoms with Crippen molar-refractivity contribution in [3.8, 4) is 17.2 Å². The largest absolute Gasteiger partial charge is 0.495 e. The molecule has 0 N–H and O–H groups in total. The summed E-state index contributed by atoms with van der Waals surface area (Å²) in [6.45, 7) is 3.92. The van der Waals surface area contributed by atoms with Gasteiger partial charge in [0.05, 0.1) is 34.6 Å². The number of carbonyl (C=O) groups is 2. The van der Waals surface area contributed by atoms with Gasteiger partial charge in [-0.2, -0.15) is 0 Å². The van der Waals surface area contributed by atoms with Gasteiger partial charge in [-0.15, -0.1) is 0 Å². The first-order valence-electron chi connectivity index (χ1n) is 11.1.